The van der Waals surface area contributed by atoms with Crippen LogP contribution in [0.25, 0.3) is 85.4 Å². The van der Waals surface area contributed by atoms with Gasteiger partial charge in [-0.15, -0.1) is 22.7 Å². The lowest BCUT2D eigenvalue weighted by atomic mass is 9.67. The Bertz CT molecular complexity index is 3320. The first-order chi connectivity index (χ1) is 28.3. The highest BCUT2D eigenvalue weighted by atomic mass is 32.1. The maximum Gasteiger partial charge on any atom is 0.160 e. The van der Waals surface area contributed by atoms with Crippen LogP contribution in [0.15, 0.2) is 194 Å². The van der Waals surface area contributed by atoms with E-state index in [2.05, 4.69) is 194 Å². The topological polar surface area (TPSA) is 25.8 Å². The van der Waals surface area contributed by atoms with Gasteiger partial charge in [-0.05, 0) is 69.8 Å². The van der Waals surface area contributed by atoms with Gasteiger partial charge in [-0.2, -0.15) is 0 Å². The Kier molecular flexibility index (Phi) is 7.22. The van der Waals surface area contributed by atoms with Crippen molar-refractivity contribution < 1.29 is 0 Å². The highest BCUT2D eigenvalue weighted by molar-refractivity contribution is 7.26. The molecule has 0 N–H and O–H groups in total. The molecule has 0 saturated heterocycles. The standard InChI is InChI=1S/C53H32N2S2/c1-3-15-34(16-4-1)53(35-17-5-2-6-18-35)43-25-10-7-21-39(43)50-40(23-14-26-44(50)53)45-32-46(41-24-13-22-38-36-19-8-12-28-48(36)57-51(38)41)55-52(54-45)33-29-30-49-42(31-33)37-20-9-11-27-47(37)56-49/h1-32H. The molecule has 0 aliphatic heterocycles. The molecule has 0 bridgehead atoms. The van der Waals surface area contributed by atoms with Gasteiger partial charge in [0.25, 0.3) is 0 Å². The molecule has 0 saturated carbocycles. The minimum atomic E-state index is -0.503. The monoisotopic (exact) mass is 760 g/mol. The molecule has 11 aromatic rings. The number of aromatic nitrogens is 2. The molecule has 2 nitrogen and oxygen atoms in total. The zero-order valence-electron chi connectivity index (χ0n) is 30.7. The third-order valence-electron chi connectivity index (χ3n) is 11.8. The summed E-state index contributed by atoms with van der Waals surface area (Å²) in [5, 5.41) is 5.03. The quantitative estimate of drug-likeness (QED) is 0.175. The van der Waals surface area contributed by atoms with Crippen molar-refractivity contribution in [1.82, 2.24) is 9.97 Å². The molecule has 0 spiro atoms. The number of benzene rings is 8. The molecule has 12 rings (SSSR count). The van der Waals surface area contributed by atoms with E-state index in [0.717, 1.165) is 33.9 Å². The highest BCUT2D eigenvalue weighted by Crippen LogP contribution is 2.58. The first-order valence-electron chi connectivity index (χ1n) is 19.3. The fourth-order valence-corrected chi connectivity index (χ4v) is 11.7. The van der Waals surface area contributed by atoms with E-state index in [1.165, 1.54) is 73.7 Å². The largest absolute Gasteiger partial charge is 0.228 e. The molecule has 0 amide bonds. The number of nitrogens with zero attached hydrogens (tertiary/aromatic N) is 2. The van der Waals surface area contributed by atoms with Crippen LogP contribution in [0.3, 0.4) is 0 Å². The summed E-state index contributed by atoms with van der Waals surface area (Å²) in [6, 6.07) is 70.7. The Morgan fingerprint density at radius 2 is 0.912 bits per heavy atom. The molecule has 0 fully saturated rings. The second-order valence-corrected chi connectivity index (χ2v) is 16.9. The number of thiophene rings is 2. The molecule has 1 aliphatic rings. The molecule has 0 unspecified atom stereocenters. The van der Waals surface area contributed by atoms with Gasteiger partial charge in [-0.25, -0.2) is 9.97 Å². The molecule has 57 heavy (non-hydrogen) atoms. The van der Waals surface area contributed by atoms with Crippen molar-refractivity contribution in [3.63, 3.8) is 0 Å². The second kappa shape index (κ2) is 12.7. The van der Waals surface area contributed by atoms with E-state index in [9.17, 15) is 0 Å². The third kappa shape index (κ3) is 4.81. The van der Waals surface area contributed by atoms with Gasteiger partial charge in [0.2, 0.25) is 0 Å². The van der Waals surface area contributed by atoms with Crippen molar-refractivity contribution in [3.8, 4) is 45.0 Å². The summed E-state index contributed by atoms with van der Waals surface area (Å²) in [7, 11) is 0. The molecule has 0 radical (unpaired) electrons. The average Bonchev–Trinajstić information content (AvgIpc) is 3.95. The SMILES string of the molecule is c1ccc(C2(c3ccccc3)c3ccccc3-c3c(-c4cc(-c5cccc6c5sc5ccccc56)nc(-c5ccc6sc7ccccc7c6c5)n4)cccc32)cc1. The maximum atomic E-state index is 5.53. The number of hydrogen-bond donors (Lipinski definition) is 0. The van der Waals surface area contributed by atoms with Crippen molar-refractivity contribution in [2.75, 3.05) is 0 Å². The van der Waals surface area contributed by atoms with Crippen molar-refractivity contribution >= 4 is 63.0 Å². The fourth-order valence-electron chi connectivity index (χ4n) is 9.37. The van der Waals surface area contributed by atoms with E-state index in [0.29, 0.717) is 0 Å². The Morgan fingerprint density at radius 3 is 1.68 bits per heavy atom. The van der Waals surface area contributed by atoms with Crippen LogP contribution in [0.1, 0.15) is 22.3 Å². The summed E-state index contributed by atoms with van der Waals surface area (Å²) >= 11 is 3.67. The Morgan fingerprint density at radius 1 is 0.368 bits per heavy atom. The summed E-state index contributed by atoms with van der Waals surface area (Å²) < 4.78 is 5.07. The van der Waals surface area contributed by atoms with Gasteiger partial charge in [-0.1, -0.05) is 158 Å². The fraction of sp³-hybridized carbons (Fsp3) is 0.0189. The van der Waals surface area contributed by atoms with E-state index in [1.807, 2.05) is 22.7 Å². The van der Waals surface area contributed by atoms with E-state index >= 15 is 0 Å². The van der Waals surface area contributed by atoms with Gasteiger partial charge in [-0.3, -0.25) is 0 Å². The molecular formula is C53H32N2S2. The van der Waals surface area contributed by atoms with Gasteiger partial charge in [0.15, 0.2) is 5.82 Å². The minimum absolute atomic E-state index is 0.503. The predicted octanol–water partition coefficient (Wildman–Crippen LogP) is 14.6. The average molecular weight is 761 g/mol. The van der Waals surface area contributed by atoms with E-state index in [4.69, 9.17) is 9.97 Å². The molecule has 266 valence electrons. The van der Waals surface area contributed by atoms with Gasteiger partial charge in [0, 0.05) is 57.0 Å². The zero-order chi connectivity index (χ0) is 37.5. The van der Waals surface area contributed by atoms with E-state index in [-0.39, 0.29) is 0 Å². The summed E-state index contributed by atoms with van der Waals surface area (Å²) in [4.78, 5) is 11.0. The lowest BCUT2D eigenvalue weighted by Gasteiger charge is -2.33. The van der Waals surface area contributed by atoms with Crippen LogP contribution in [0, 0.1) is 0 Å². The second-order valence-electron chi connectivity index (χ2n) is 14.8. The van der Waals surface area contributed by atoms with Crippen molar-refractivity contribution in [2.24, 2.45) is 0 Å². The first-order valence-corrected chi connectivity index (χ1v) is 21.0. The Balaban J connectivity index is 1.16. The van der Waals surface area contributed by atoms with Crippen molar-refractivity contribution in [2.45, 2.75) is 5.41 Å². The number of hydrogen-bond acceptors (Lipinski definition) is 4. The normalized spacial score (nSPS) is 13.1. The van der Waals surface area contributed by atoms with E-state index in [1.54, 1.807) is 0 Å². The predicted molar refractivity (Wildman–Crippen MR) is 241 cm³/mol. The third-order valence-corrected chi connectivity index (χ3v) is 14.2. The van der Waals surface area contributed by atoms with Crippen LogP contribution in [-0.4, -0.2) is 9.97 Å². The van der Waals surface area contributed by atoms with Crippen LogP contribution in [0.4, 0.5) is 0 Å². The summed E-state index contributed by atoms with van der Waals surface area (Å²) in [6.45, 7) is 0. The molecule has 3 aromatic heterocycles. The van der Waals surface area contributed by atoms with E-state index < -0.39 is 5.41 Å². The van der Waals surface area contributed by atoms with Gasteiger partial charge < -0.3 is 0 Å². The van der Waals surface area contributed by atoms with Crippen LogP contribution < -0.4 is 0 Å². The zero-order valence-corrected chi connectivity index (χ0v) is 32.3. The van der Waals surface area contributed by atoms with Crippen LogP contribution in [0.2, 0.25) is 0 Å². The minimum Gasteiger partial charge on any atom is -0.228 e. The molecule has 4 heteroatoms. The van der Waals surface area contributed by atoms with Gasteiger partial charge in [0.1, 0.15) is 0 Å². The van der Waals surface area contributed by atoms with Crippen molar-refractivity contribution in [1.29, 1.82) is 0 Å². The number of fused-ring (bicyclic) bond motifs is 9. The summed E-state index contributed by atoms with van der Waals surface area (Å²) in [5.74, 6) is 0.721. The van der Waals surface area contributed by atoms with Crippen molar-refractivity contribution in [3.05, 3.63) is 216 Å². The van der Waals surface area contributed by atoms with Crippen LogP contribution in [0.5, 0.6) is 0 Å². The van der Waals surface area contributed by atoms with Gasteiger partial charge in [0.05, 0.1) is 16.8 Å². The van der Waals surface area contributed by atoms with Crippen LogP contribution >= 0.6 is 22.7 Å². The first kappa shape index (κ1) is 32.5. The Labute approximate surface area is 338 Å². The molecule has 3 heterocycles. The number of rotatable bonds is 5. The summed E-state index contributed by atoms with van der Waals surface area (Å²) in [6.07, 6.45) is 0. The van der Waals surface area contributed by atoms with Gasteiger partial charge >= 0.3 is 0 Å². The lowest BCUT2D eigenvalue weighted by molar-refractivity contribution is 0.768. The van der Waals surface area contributed by atoms with Crippen LogP contribution in [-0.2, 0) is 5.41 Å². The Hall–Kier alpha value is -6.72. The highest BCUT2D eigenvalue weighted by Gasteiger charge is 2.46. The molecule has 0 atom stereocenters. The molecule has 1 aliphatic carbocycles. The summed E-state index contributed by atoms with van der Waals surface area (Å²) in [5.41, 5.74) is 12.0. The molecular weight excluding hydrogens is 729 g/mol. The smallest absolute Gasteiger partial charge is 0.160 e. The lowest BCUT2D eigenvalue weighted by Crippen LogP contribution is -2.28. The maximum absolute atomic E-state index is 5.53. The molecule has 8 aromatic carbocycles.